The second-order valence-electron chi connectivity index (χ2n) is 4.87. The van der Waals surface area contributed by atoms with Crippen LogP contribution in [0.1, 0.15) is 32.8 Å². The fourth-order valence-corrected chi connectivity index (χ4v) is 2.84. The van der Waals surface area contributed by atoms with Gasteiger partial charge in [-0.25, -0.2) is 8.42 Å². The maximum absolute atomic E-state index is 11.8. The van der Waals surface area contributed by atoms with E-state index in [0.717, 1.165) is 5.56 Å². The summed E-state index contributed by atoms with van der Waals surface area (Å²) >= 11 is 0. The van der Waals surface area contributed by atoms with Crippen LogP contribution in [0.4, 0.5) is 5.69 Å². The molecular formula is C13H20N2O3S. The molecule has 1 aromatic rings. The van der Waals surface area contributed by atoms with Crippen molar-refractivity contribution in [2.75, 3.05) is 10.5 Å². The van der Waals surface area contributed by atoms with E-state index in [4.69, 9.17) is 5.21 Å². The maximum atomic E-state index is 11.8. The summed E-state index contributed by atoms with van der Waals surface area (Å²) in [5.41, 5.74) is 1.74. The van der Waals surface area contributed by atoms with E-state index in [1.54, 1.807) is 31.2 Å². The summed E-state index contributed by atoms with van der Waals surface area (Å²) in [5, 5.41) is 11.7. The molecule has 0 aliphatic heterocycles. The number of nitrogens with zero attached hydrogens (tertiary/aromatic N) is 1. The average Bonchev–Trinajstić information content (AvgIpc) is 2.36. The van der Waals surface area contributed by atoms with Crippen LogP contribution in [-0.4, -0.2) is 25.1 Å². The van der Waals surface area contributed by atoms with Gasteiger partial charge in [0.25, 0.3) is 0 Å². The van der Waals surface area contributed by atoms with Crippen molar-refractivity contribution in [3.8, 4) is 0 Å². The summed E-state index contributed by atoms with van der Waals surface area (Å²) in [7, 11) is -3.30. The van der Waals surface area contributed by atoms with Crippen molar-refractivity contribution in [3.05, 3.63) is 29.8 Å². The van der Waals surface area contributed by atoms with Gasteiger partial charge in [-0.05, 0) is 37.0 Å². The molecule has 0 amide bonds. The molecular weight excluding hydrogens is 264 g/mol. The monoisotopic (exact) mass is 284 g/mol. The highest BCUT2D eigenvalue weighted by Gasteiger charge is 2.11. The third kappa shape index (κ3) is 5.30. The molecule has 106 valence electrons. The Bertz CT molecular complexity index is 534. The molecule has 0 aliphatic rings. The van der Waals surface area contributed by atoms with Gasteiger partial charge in [-0.2, -0.15) is 0 Å². The predicted octanol–water partition coefficient (Wildman–Crippen LogP) is 2.67. The van der Waals surface area contributed by atoms with E-state index in [1.165, 1.54) is 0 Å². The lowest BCUT2D eigenvalue weighted by Gasteiger charge is -2.09. The fourth-order valence-electron chi connectivity index (χ4n) is 1.46. The summed E-state index contributed by atoms with van der Waals surface area (Å²) in [4.78, 5) is 0. The quantitative estimate of drug-likeness (QED) is 0.479. The summed E-state index contributed by atoms with van der Waals surface area (Å²) in [6, 6.07) is 6.71. The molecule has 0 aromatic heterocycles. The molecule has 0 unspecified atom stereocenters. The van der Waals surface area contributed by atoms with Crippen LogP contribution in [0.2, 0.25) is 0 Å². The second-order valence-corrected chi connectivity index (χ2v) is 6.71. The highest BCUT2D eigenvalue weighted by molar-refractivity contribution is 7.92. The molecule has 1 aromatic carbocycles. The highest BCUT2D eigenvalue weighted by atomic mass is 32.2. The Balaban J connectivity index is 2.72. The van der Waals surface area contributed by atoms with Gasteiger partial charge in [0.1, 0.15) is 0 Å². The number of oxime groups is 1. The number of nitrogens with one attached hydrogen (secondary N) is 1. The third-order valence-electron chi connectivity index (χ3n) is 2.69. The van der Waals surface area contributed by atoms with Gasteiger partial charge < -0.3 is 5.21 Å². The van der Waals surface area contributed by atoms with Crippen LogP contribution >= 0.6 is 0 Å². The van der Waals surface area contributed by atoms with Crippen molar-refractivity contribution in [1.82, 2.24) is 0 Å². The highest BCUT2D eigenvalue weighted by Crippen LogP contribution is 2.13. The summed E-state index contributed by atoms with van der Waals surface area (Å²) in [5.74, 6) is 0.464. The van der Waals surface area contributed by atoms with Crippen LogP contribution in [0.25, 0.3) is 0 Å². The van der Waals surface area contributed by atoms with E-state index >= 15 is 0 Å². The van der Waals surface area contributed by atoms with Gasteiger partial charge in [0.15, 0.2) is 0 Å². The van der Waals surface area contributed by atoms with Crippen molar-refractivity contribution >= 4 is 21.4 Å². The molecule has 0 spiro atoms. The number of benzene rings is 1. The number of anilines is 1. The van der Waals surface area contributed by atoms with Crippen LogP contribution in [0, 0.1) is 5.92 Å². The van der Waals surface area contributed by atoms with Crippen molar-refractivity contribution in [2.45, 2.75) is 27.2 Å². The van der Waals surface area contributed by atoms with E-state index in [1.807, 2.05) is 13.8 Å². The second kappa shape index (κ2) is 6.56. The Morgan fingerprint density at radius 2 is 1.89 bits per heavy atom. The van der Waals surface area contributed by atoms with E-state index in [9.17, 15) is 8.42 Å². The predicted molar refractivity (Wildman–Crippen MR) is 77.3 cm³/mol. The van der Waals surface area contributed by atoms with Gasteiger partial charge in [-0.3, -0.25) is 4.72 Å². The van der Waals surface area contributed by atoms with Gasteiger partial charge in [-0.1, -0.05) is 31.1 Å². The van der Waals surface area contributed by atoms with E-state index in [0.29, 0.717) is 23.7 Å². The summed E-state index contributed by atoms with van der Waals surface area (Å²) in [6.45, 7) is 5.64. The number of hydrogen-bond donors (Lipinski definition) is 2. The Labute approximate surface area is 114 Å². The molecule has 0 saturated heterocycles. The number of sulfonamides is 1. The lowest BCUT2D eigenvalue weighted by Crippen LogP contribution is -2.17. The first-order chi connectivity index (χ1) is 8.84. The zero-order chi connectivity index (χ0) is 14.5. The normalized spacial score (nSPS) is 12.7. The molecule has 0 atom stereocenters. The lowest BCUT2D eigenvalue weighted by molar-refractivity contribution is 0.319. The topological polar surface area (TPSA) is 78.8 Å². The van der Waals surface area contributed by atoms with Gasteiger partial charge in [-0.15, -0.1) is 0 Å². The van der Waals surface area contributed by atoms with E-state index in [2.05, 4.69) is 9.88 Å². The Hall–Kier alpha value is -1.56. The molecule has 0 saturated carbocycles. The number of rotatable bonds is 6. The Morgan fingerprint density at radius 1 is 1.32 bits per heavy atom. The van der Waals surface area contributed by atoms with Crippen molar-refractivity contribution < 1.29 is 13.6 Å². The molecule has 0 fully saturated rings. The van der Waals surface area contributed by atoms with Crippen LogP contribution in [0.3, 0.4) is 0 Å². The van der Waals surface area contributed by atoms with Gasteiger partial charge >= 0.3 is 0 Å². The molecule has 19 heavy (non-hydrogen) atoms. The van der Waals surface area contributed by atoms with Gasteiger partial charge in [0.2, 0.25) is 10.0 Å². The molecule has 5 nitrogen and oxygen atoms in total. The first kappa shape index (κ1) is 15.5. The molecule has 0 bridgehead atoms. The van der Waals surface area contributed by atoms with Crippen LogP contribution in [0.15, 0.2) is 29.4 Å². The van der Waals surface area contributed by atoms with Gasteiger partial charge in [0.05, 0.1) is 11.5 Å². The largest absolute Gasteiger partial charge is 0.411 e. The van der Waals surface area contributed by atoms with Gasteiger partial charge in [0, 0.05) is 5.69 Å². The molecule has 2 N–H and O–H groups in total. The Morgan fingerprint density at radius 3 is 2.37 bits per heavy atom. The minimum atomic E-state index is -3.30. The fraction of sp³-hybridized carbons (Fsp3) is 0.462. The van der Waals surface area contributed by atoms with Crippen LogP contribution in [0.5, 0.6) is 0 Å². The third-order valence-corrected chi connectivity index (χ3v) is 4.01. The number of hydrogen-bond acceptors (Lipinski definition) is 4. The smallest absolute Gasteiger partial charge is 0.232 e. The van der Waals surface area contributed by atoms with Crippen LogP contribution in [-0.2, 0) is 10.0 Å². The minimum Gasteiger partial charge on any atom is -0.411 e. The van der Waals surface area contributed by atoms with E-state index < -0.39 is 10.0 Å². The molecule has 0 heterocycles. The summed E-state index contributed by atoms with van der Waals surface area (Å²) < 4.78 is 26.1. The van der Waals surface area contributed by atoms with Crippen LogP contribution < -0.4 is 4.72 Å². The average molecular weight is 284 g/mol. The molecule has 1 rings (SSSR count). The van der Waals surface area contributed by atoms with E-state index in [-0.39, 0.29) is 5.75 Å². The maximum Gasteiger partial charge on any atom is 0.232 e. The zero-order valence-electron chi connectivity index (χ0n) is 11.4. The first-order valence-corrected chi connectivity index (χ1v) is 7.79. The van der Waals surface area contributed by atoms with Crippen molar-refractivity contribution in [3.63, 3.8) is 0 Å². The van der Waals surface area contributed by atoms with Crippen molar-refractivity contribution in [2.24, 2.45) is 11.1 Å². The summed E-state index contributed by atoms with van der Waals surface area (Å²) in [6.07, 6.45) is 0.629. The molecule has 6 heteroatoms. The molecule has 0 aliphatic carbocycles. The lowest BCUT2D eigenvalue weighted by atomic mass is 10.1. The Kier molecular flexibility index (Phi) is 5.35. The molecule has 0 radical (unpaired) electrons. The standard InChI is InChI=1S/C13H20N2O3S/c1-10(2)8-9-19(17,18)15-13-6-4-12(5-7-13)11(3)14-16/h4-7,10,15-16H,8-9H2,1-3H3. The SMILES string of the molecule is CC(=NO)c1ccc(NS(=O)(=O)CCC(C)C)cc1. The first-order valence-electron chi connectivity index (χ1n) is 6.13. The van der Waals surface area contributed by atoms with Crippen molar-refractivity contribution in [1.29, 1.82) is 0 Å². The minimum absolute atomic E-state index is 0.115. The zero-order valence-corrected chi connectivity index (χ0v) is 12.2.